The van der Waals surface area contributed by atoms with Crippen molar-refractivity contribution in [3.8, 4) is 0 Å². The number of aryl methyl sites for hydroxylation is 1. The molecule has 1 aromatic carbocycles. The Balaban J connectivity index is 1.38. The summed E-state index contributed by atoms with van der Waals surface area (Å²) in [7, 11) is 0. The number of anilines is 3. The molecular formula is C20H26N6O2. The molecule has 2 aliphatic rings. The number of nitrogens with zero attached hydrogens (tertiary/aromatic N) is 5. The number of benzene rings is 1. The Morgan fingerprint density at radius 1 is 0.929 bits per heavy atom. The highest BCUT2D eigenvalue weighted by molar-refractivity contribution is 5.89. The van der Waals surface area contributed by atoms with E-state index in [1.807, 2.05) is 42.2 Å². The molecule has 8 heteroatoms. The average molecular weight is 382 g/mol. The molecular weight excluding hydrogens is 356 g/mol. The predicted molar refractivity (Wildman–Crippen MR) is 109 cm³/mol. The van der Waals surface area contributed by atoms with Gasteiger partial charge in [-0.05, 0) is 19.1 Å². The molecule has 2 aliphatic heterocycles. The molecule has 2 aromatic rings. The van der Waals surface area contributed by atoms with Gasteiger partial charge in [0.15, 0.2) is 0 Å². The normalized spacial score (nSPS) is 17.5. The zero-order valence-electron chi connectivity index (χ0n) is 16.2. The lowest BCUT2D eigenvalue weighted by atomic mass is 10.3. The number of nitrogens with one attached hydrogen (secondary N) is 1. The van der Waals surface area contributed by atoms with Crippen LogP contribution in [-0.2, 0) is 4.74 Å². The van der Waals surface area contributed by atoms with E-state index in [-0.39, 0.29) is 6.03 Å². The molecule has 4 rings (SSSR count). The number of rotatable bonds is 3. The Kier molecular flexibility index (Phi) is 5.57. The van der Waals surface area contributed by atoms with Crippen LogP contribution in [-0.4, -0.2) is 73.4 Å². The lowest BCUT2D eigenvalue weighted by Gasteiger charge is -2.36. The van der Waals surface area contributed by atoms with Gasteiger partial charge in [-0.2, -0.15) is 0 Å². The van der Waals surface area contributed by atoms with Gasteiger partial charge in [-0.3, -0.25) is 0 Å². The minimum absolute atomic E-state index is 0.0567. The number of piperazine rings is 1. The molecule has 148 valence electrons. The van der Waals surface area contributed by atoms with E-state index in [0.717, 1.165) is 62.5 Å². The number of carbonyl (C=O) groups excluding carboxylic acids is 1. The van der Waals surface area contributed by atoms with Gasteiger partial charge >= 0.3 is 6.03 Å². The molecule has 0 spiro atoms. The molecule has 28 heavy (non-hydrogen) atoms. The second-order valence-electron chi connectivity index (χ2n) is 7.00. The van der Waals surface area contributed by atoms with Gasteiger partial charge in [-0.1, -0.05) is 18.2 Å². The number of morpholine rings is 1. The first kappa shape index (κ1) is 18.5. The molecule has 3 heterocycles. The number of hydrogen-bond acceptors (Lipinski definition) is 6. The van der Waals surface area contributed by atoms with Crippen molar-refractivity contribution < 1.29 is 9.53 Å². The second kappa shape index (κ2) is 8.43. The third-order valence-corrected chi connectivity index (χ3v) is 5.06. The van der Waals surface area contributed by atoms with Crippen LogP contribution in [0.5, 0.6) is 0 Å². The quantitative estimate of drug-likeness (QED) is 0.875. The van der Waals surface area contributed by atoms with Crippen molar-refractivity contribution in [2.24, 2.45) is 0 Å². The number of para-hydroxylation sites is 1. The van der Waals surface area contributed by atoms with Crippen molar-refractivity contribution in [1.82, 2.24) is 14.9 Å². The van der Waals surface area contributed by atoms with Crippen LogP contribution in [0.4, 0.5) is 22.1 Å². The molecule has 8 nitrogen and oxygen atoms in total. The monoisotopic (exact) mass is 382 g/mol. The SMILES string of the molecule is Cc1nc(N2CCOCC2)cc(N2CCN(C(=O)Nc3ccccc3)CC2)n1. The van der Waals surface area contributed by atoms with Crippen molar-refractivity contribution in [1.29, 1.82) is 0 Å². The fraction of sp³-hybridized carbons (Fsp3) is 0.450. The van der Waals surface area contributed by atoms with Gasteiger partial charge in [-0.25, -0.2) is 14.8 Å². The van der Waals surface area contributed by atoms with E-state index in [1.54, 1.807) is 0 Å². The van der Waals surface area contributed by atoms with Gasteiger partial charge in [0.2, 0.25) is 0 Å². The fourth-order valence-electron chi connectivity index (χ4n) is 3.52. The topological polar surface area (TPSA) is 73.8 Å². The highest BCUT2D eigenvalue weighted by Gasteiger charge is 2.23. The van der Waals surface area contributed by atoms with E-state index in [4.69, 9.17) is 4.74 Å². The number of carbonyl (C=O) groups is 1. The number of ether oxygens (including phenoxy) is 1. The van der Waals surface area contributed by atoms with Gasteiger partial charge in [-0.15, -0.1) is 0 Å². The molecule has 0 radical (unpaired) electrons. The summed E-state index contributed by atoms with van der Waals surface area (Å²) in [5.74, 6) is 2.65. The van der Waals surface area contributed by atoms with Crippen LogP contribution < -0.4 is 15.1 Å². The maximum Gasteiger partial charge on any atom is 0.321 e. The zero-order valence-corrected chi connectivity index (χ0v) is 16.2. The van der Waals surface area contributed by atoms with Crippen LogP contribution in [0.25, 0.3) is 0 Å². The summed E-state index contributed by atoms with van der Waals surface area (Å²) in [5.41, 5.74) is 0.816. The minimum Gasteiger partial charge on any atom is -0.378 e. The fourth-order valence-corrected chi connectivity index (χ4v) is 3.52. The molecule has 0 unspecified atom stereocenters. The van der Waals surface area contributed by atoms with E-state index in [0.29, 0.717) is 13.1 Å². The number of urea groups is 1. The second-order valence-corrected chi connectivity index (χ2v) is 7.00. The first-order valence-electron chi connectivity index (χ1n) is 9.73. The highest BCUT2D eigenvalue weighted by Crippen LogP contribution is 2.21. The third-order valence-electron chi connectivity index (χ3n) is 5.06. The van der Waals surface area contributed by atoms with Crippen LogP contribution in [0.1, 0.15) is 5.82 Å². The summed E-state index contributed by atoms with van der Waals surface area (Å²) in [6, 6.07) is 11.5. The van der Waals surface area contributed by atoms with Crippen LogP contribution in [0.3, 0.4) is 0 Å². The molecule has 1 N–H and O–H groups in total. The summed E-state index contributed by atoms with van der Waals surface area (Å²) in [6.07, 6.45) is 0. The van der Waals surface area contributed by atoms with Gasteiger partial charge < -0.3 is 24.8 Å². The first-order chi connectivity index (χ1) is 13.7. The van der Waals surface area contributed by atoms with Crippen molar-refractivity contribution in [2.45, 2.75) is 6.92 Å². The van der Waals surface area contributed by atoms with Crippen molar-refractivity contribution in [2.75, 3.05) is 67.6 Å². The Hall–Kier alpha value is -2.87. The van der Waals surface area contributed by atoms with E-state index in [2.05, 4.69) is 31.2 Å². The zero-order chi connectivity index (χ0) is 19.3. The van der Waals surface area contributed by atoms with Gasteiger partial charge in [0, 0.05) is 51.0 Å². The average Bonchev–Trinajstić information content (AvgIpc) is 2.75. The van der Waals surface area contributed by atoms with Crippen LogP contribution >= 0.6 is 0 Å². The highest BCUT2D eigenvalue weighted by atomic mass is 16.5. The number of hydrogen-bond donors (Lipinski definition) is 1. The molecule has 2 amide bonds. The molecule has 0 bridgehead atoms. The summed E-state index contributed by atoms with van der Waals surface area (Å²) >= 11 is 0. The molecule has 1 aromatic heterocycles. The van der Waals surface area contributed by atoms with Crippen molar-refractivity contribution >= 4 is 23.4 Å². The summed E-state index contributed by atoms with van der Waals surface area (Å²) in [5, 5.41) is 2.95. The molecule has 2 saturated heterocycles. The standard InChI is InChI=1S/C20H26N6O2/c1-16-21-18(15-19(22-16)25-11-13-28-14-12-25)24-7-9-26(10-8-24)20(27)23-17-5-3-2-4-6-17/h2-6,15H,7-14H2,1H3,(H,23,27). The van der Waals surface area contributed by atoms with Crippen LogP contribution in [0.15, 0.2) is 36.4 Å². The van der Waals surface area contributed by atoms with Gasteiger partial charge in [0.05, 0.1) is 13.2 Å². The maximum absolute atomic E-state index is 12.5. The lowest BCUT2D eigenvalue weighted by molar-refractivity contribution is 0.122. The summed E-state index contributed by atoms with van der Waals surface area (Å²) in [6.45, 7) is 7.91. The smallest absolute Gasteiger partial charge is 0.321 e. The Labute approximate surface area is 165 Å². The third kappa shape index (κ3) is 4.33. The molecule has 0 saturated carbocycles. The number of amides is 2. The molecule has 0 aliphatic carbocycles. The van der Waals surface area contributed by atoms with Gasteiger partial charge in [0.25, 0.3) is 0 Å². The number of aromatic nitrogens is 2. The maximum atomic E-state index is 12.5. The largest absolute Gasteiger partial charge is 0.378 e. The van der Waals surface area contributed by atoms with Crippen molar-refractivity contribution in [3.63, 3.8) is 0 Å². The van der Waals surface area contributed by atoms with Crippen LogP contribution in [0, 0.1) is 6.92 Å². The first-order valence-corrected chi connectivity index (χ1v) is 9.73. The van der Waals surface area contributed by atoms with Gasteiger partial charge in [0.1, 0.15) is 17.5 Å². The van der Waals surface area contributed by atoms with E-state index < -0.39 is 0 Å². The van der Waals surface area contributed by atoms with E-state index in [1.165, 1.54) is 0 Å². The Morgan fingerprint density at radius 3 is 2.18 bits per heavy atom. The van der Waals surface area contributed by atoms with E-state index >= 15 is 0 Å². The molecule has 0 atom stereocenters. The Bertz CT molecular complexity index is 802. The summed E-state index contributed by atoms with van der Waals surface area (Å²) in [4.78, 5) is 28.0. The lowest BCUT2D eigenvalue weighted by Crippen LogP contribution is -2.50. The Morgan fingerprint density at radius 2 is 1.54 bits per heavy atom. The van der Waals surface area contributed by atoms with E-state index in [9.17, 15) is 4.79 Å². The molecule has 2 fully saturated rings. The van der Waals surface area contributed by atoms with Crippen molar-refractivity contribution in [3.05, 3.63) is 42.2 Å². The van der Waals surface area contributed by atoms with Crippen LogP contribution in [0.2, 0.25) is 0 Å². The predicted octanol–water partition coefficient (Wildman–Crippen LogP) is 1.98. The summed E-state index contributed by atoms with van der Waals surface area (Å²) < 4.78 is 5.44. The minimum atomic E-state index is -0.0567.